The molecule has 132 valence electrons. The summed E-state index contributed by atoms with van der Waals surface area (Å²) in [6, 6.07) is 3.70. The van der Waals surface area contributed by atoms with Crippen LogP contribution in [-0.2, 0) is 9.53 Å². The minimum absolute atomic E-state index is 0.0492. The summed E-state index contributed by atoms with van der Waals surface area (Å²) in [5.74, 6) is -0.913. The molecule has 1 aromatic carbocycles. The molecule has 1 N–H and O–H groups in total. The molecule has 0 spiro atoms. The van der Waals surface area contributed by atoms with Gasteiger partial charge in [-0.05, 0) is 44.2 Å². The minimum Gasteiger partial charge on any atom is -0.456 e. The number of nitrogens with zero attached hydrogens (tertiary/aromatic N) is 4. The molecule has 1 aliphatic rings. The molecule has 7 nitrogen and oxygen atoms in total. The number of tetrazole rings is 1. The fourth-order valence-corrected chi connectivity index (χ4v) is 2.81. The number of rotatable bonds is 2. The number of esters is 1. The Labute approximate surface area is 148 Å². The van der Waals surface area contributed by atoms with E-state index in [2.05, 4.69) is 20.8 Å². The maximum absolute atomic E-state index is 14.7. The van der Waals surface area contributed by atoms with E-state index in [1.165, 1.54) is 10.7 Å². The topological polar surface area (TPSA) is 81.9 Å². The zero-order valence-electron chi connectivity index (χ0n) is 14.2. The van der Waals surface area contributed by atoms with E-state index in [9.17, 15) is 9.18 Å². The predicted octanol–water partition coefficient (Wildman–Crippen LogP) is 3.10. The second kappa shape index (κ2) is 6.11. The van der Waals surface area contributed by atoms with Gasteiger partial charge in [0.15, 0.2) is 0 Å². The highest BCUT2D eigenvalue weighted by atomic mass is 35.5. The number of carbonyl (C=O) groups is 1. The molecule has 0 saturated heterocycles. The SMILES string of the molecule is CC1=C(C(=O)OC(C)(C)C)C(c2cccc(Cl)c2F)n2nnnc2N1. The first-order valence-corrected chi connectivity index (χ1v) is 8.00. The molecule has 0 aliphatic carbocycles. The van der Waals surface area contributed by atoms with Crippen LogP contribution in [0.5, 0.6) is 0 Å². The van der Waals surface area contributed by atoms with E-state index in [0.29, 0.717) is 11.6 Å². The van der Waals surface area contributed by atoms with E-state index in [-0.39, 0.29) is 16.2 Å². The number of anilines is 1. The van der Waals surface area contributed by atoms with Gasteiger partial charge in [-0.25, -0.2) is 9.18 Å². The molecular weight excluding hydrogens is 349 g/mol. The molecule has 1 aliphatic heterocycles. The number of ether oxygens (including phenoxy) is 1. The van der Waals surface area contributed by atoms with Crippen LogP contribution in [0, 0.1) is 5.82 Å². The molecule has 0 amide bonds. The second-order valence-corrected chi connectivity index (χ2v) is 7.07. The van der Waals surface area contributed by atoms with Gasteiger partial charge in [0, 0.05) is 11.3 Å². The fourth-order valence-electron chi connectivity index (χ4n) is 2.63. The van der Waals surface area contributed by atoms with Gasteiger partial charge in [0.1, 0.15) is 17.5 Å². The van der Waals surface area contributed by atoms with E-state index in [4.69, 9.17) is 16.3 Å². The molecular formula is C16H17ClFN5O2. The number of hydrogen-bond acceptors (Lipinski definition) is 6. The predicted molar refractivity (Wildman–Crippen MR) is 89.5 cm³/mol. The Bertz CT molecular complexity index is 872. The smallest absolute Gasteiger partial charge is 0.338 e. The molecule has 0 bridgehead atoms. The molecule has 1 atom stereocenters. The van der Waals surface area contributed by atoms with Gasteiger partial charge in [-0.2, -0.15) is 4.68 Å². The summed E-state index contributed by atoms with van der Waals surface area (Å²) < 4.78 is 21.5. The summed E-state index contributed by atoms with van der Waals surface area (Å²) >= 11 is 5.92. The number of benzene rings is 1. The zero-order chi connectivity index (χ0) is 18.4. The summed E-state index contributed by atoms with van der Waals surface area (Å²) in [6.45, 7) is 6.96. The lowest BCUT2D eigenvalue weighted by molar-refractivity contribution is -0.150. The van der Waals surface area contributed by atoms with Crippen molar-refractivity contribution in [3.63, 3.8) is 0 Å². The molecule has 3 rings (SSSR count). The van der Waals surface area contributed by atoms with Crippen molar-refractivity contribution in [2.45, 2.75) is 39.3 Å². The monoisotopic (exact) mass is 365 g/mol. The lowest BCUT2D eigenvalue weighted by Crippen LogP contribution is -2.33. The third-order valence-electron chi connectivity index (χ3n) is 3.61. The Morgan fingerprint density at radius 3 is 2.80 bits per heavy atom. The van der Waals surface area contributed by atoms with Crippen LogP contribution in [0.1, 0.15) is 39.3 Å². The Hall–Kier alpha value is -2.48. The molecule has 25 heavy (non-hydrogen) atoms. The normalized spacial score (nSPS) is 17.1. The maximum Gasteiger partial charge on any atom is 0.338 e. The third kappa shape index (κ3) is 3.21. The zero-order valence-corrected chi connectivity index (χ0v) is 14.9. The van der Waals surface area contributed by atoms with E-state index in [1.807, 2.05) is 0 Å². The van der Waals surface area contributed by atoms with Crippen molar-refractivity contribution >= 4 is 23.5 Å². The molecule has 2 aromatic rings. The second-order valence-electron chi connectivity index (χ2n) is 6.66. The lowest BCUT2D eigenvalue weighted by atomic mass is 9.95. The highest BCUT2D eigenvalue weighted by Crippen LogP contribution is 2.37. The number of carbonyl (C=O) groups excluding carboxylic acids is 1. The van der Waals surface area contributed by atoms with Crippen molar-refractivity contribution in [1.82, 2.24) is 20.2 Å². The van der Waals surface area contributed by atoms with Crippen molar-refractivity contribution in [3.05, 3.63) is 45.9 Å². The van der Waals surface area contributed by atoms with Crippen molar-refractivity contribution < 1.29 is 13.9 Å². The van der Waals surface area contributed by atoms with E-state index < -0.39 is 23.4 Å². The van der Waals surface area contributed by atoms with E-state index in [0.717, 1.165) is 0 Å². The number of nitrogens with one attached hydrogen (secondary N) is 1. The Morgan fingerprint density at radius 2 is 2.12 bits per heavy atom. The standard InChI is InChI=1S/C16H17ClFN5O2/c1-8-11(14(24)25-16(2,3)4)13(23-15(19-8)20-21-22-23)9-6-5-7-10(17)12(9)18/h5-7,13H,1-4H3,(H,19,20,22). The molecule has 1 aromatic heterocycles. The Kier molecular flexibility index (Phi) is 4.24. The Balaban J connectivity index is 2.17. The van der Waals surface area contributed by atoms with Crippen LogP contribution in [0.4, 0.5) is 10.3 Å². The van der Waals surface area contributed by atoms with Crippen LogP contribution in [0.15, 0.2) is 29.5 Å². The first-order chi connectivity index (χ1) is 11.7. The molecule has 9 heteroatoms. The van der Waals surface area contributed by atoms with Gasteiger partial charge in [0.2, 0.25) is 5.95 Å². The minimum atomic E-state index is -0.889. The van der Waals surface area contributed by atoms with Gasteiger partial charge in [-0.1, -0.05) is 28.8 Å². The number of fused-ring (bicyclic) bond motifs is 1. The van der Waals surface area contributed by atoms with Gasteiger partial charge in [0.05, 0.1) is 10.6 Å². The van der Waals surface area contributed by atoms with Crippen LogP contribution >= 0.6 is 11.6 Å². The van der Waals surface area contributed by atoms with Crippen LogP contribution in [0.2, 0.25) is 5.02 Å². The number of allylic oxidation sites excluding steroid dienone is 1. The van der Waals surface area contributed by atoms with Crippen molar-refractivity contribution in [2.24, 2.45) is 0 Å². The summed E-state index contributed by atoms with van der Waals surface area (Å²) in [5.41, 5.74) is 0.183. The first-order valence-electron chi connectivity index (χ1n) is 7.62. The quantitative estimate of drug-likeness (QED) is 0.823. The highest BCUT2D eigenvalue weighted by Gasteiger charge is 2.37. The van der Waals surface area contributed by atoms with Gasteiger partial charge < -0.3 is 10.1 Å². The summed E-state index contributed by atoms with van der Waals surface area (Å²) in [4.78, 5) is 12.8. The van der Waals surface area contributed by atoms with Gasteiger partial charge in [0.25, 0.3) is 0 Å². The van der Waals surface area contributed by atoms with E-state index >= 15 is 0 Å². The molecule has 1 unspecified atom stereocenters. The first kappa shape index (κ1) is 17.3. The summed E-state index contributed by atoms with van der Waals surface area (Å²) in [7, 11) is 0. The lowest BCUT2D eigenvalue weighted by Gasteiger charge is -2.29. The van der Waals surface area contributed by atoms with Crippen molar-refractivity contribution in [3.8, 4) is 0 Å². The van der Waals surface area contributed by atoms with Gasteiger partial charge in [-0.3, -0.25) is 0 Å². The third-order valence-corrected chi connectivity index (χ3v) is 3.90. The molecule has 2 heterocycles. The van der Waals surface area contributed by atoms with Crippen LogP contribution in [0.25, 0.3) is 0 Å². The average Bonchev–Trinajstić information content (AvgIpc) is 2.94. The molecule has 0 fully saturated rings. The van der Waals surface area contributed by atoms with Crippen molar-refractivity contribution in [1.29, 1.82) is 0 Å². The Morgan fingerprint density at radius 1 is 1.40 bits per heavy atom. The molecule has 0 radical (unpaired) electrons. The maximum atomic E-state index is 14.7. The van der Waals surface area contributed by atoms with Crippen LogP contribution < -0.4 is 5.32 Å². The summed E-state index contributed by atoms with van der Waals surface area (Å²) in [6.07, 6.45) is 0. The van der Waals surface area contributed by atoms with E-state index in [1.54, 1.807) is 39.8 Å². The van der Waals surface area contributed by atoms with Crippen LogP contribution in [0.3, 0.4) is 0 Å². The van der Waals surface area contributed by atoms with Crippen molar-refractivity contribution in [2.75, 3.05) is 5.32 Å². The average molecular weight is 366 g/mol. The number of hydrogen-bond donors (Lipinski definition) is 1. The van der Waals surface area contributed by atoms with Crippen LogP contribution in [-0.4, -0.2) is 31.8 Å². The molecule has 0 saturated carbocycles. The number of halogens is 2. The van der Waals surface area contributed by atoms with Gasteiger partial charge in [-0.15, -0.1) is 0 Å². The fraction of sp³-hybridized carbons (Fsp3) is 0.375. The summed E-state index contributed by atoms with van der Waals surface area (Å²) in [5, 5.41) is 14.2. The highest BCUT2D eigenvalue weighted by molar-refractivity contribution is 6.30. The van der Waals surface area contributed by atoms with Gasteiger partial charge >= 0.3 is 5.97 Å². The number of aromatic nitrogens is 4. The largest absolute Gasteiger partial charge is 0.456 e.